The summed E-state index contributed by atoms with van der Waals surface area (Å²) in [6.07, 6.45) is 0. The van der Waals surface area contributed by atoms with Crippen LogP contribution in [-0.4, -0.2) is 9.13 Å². The summed E-state index contributed by atoms with van der Waals surface area (Å²) in [4.78, 5) is 0. The topological polar surface area (TPSA) is 23.0 Å². The van der Waals surface area contributed by atoms with Gasteiger partial charge in [-0.1, -0.05) is 115 Å². The Kier molecular flexibility index (Phi) is 5.96. The highest BCUT2D eigenvalue weighted by Gasteiger charge is 2.19. The molecule has 0 radical (unpaired) electrons. The molecule has 0 bridgehead atoms. The van der Waals surface area contributed by atoms with Crippen LogP contribution in [0.3, 0.4) is 0 Å². The maximum absolute atomic E-state index is 6.35. The van der Waals surface area contributed by atoms with E-state index in [-0.39, 0.29) is 0 Å². The van der Waals surface area contributed by atoms with Gasteiger partial charge in [-0.05, 0) is 82.9 Å². The van der Waals surface area contributed by atoms with Crippen LogP contribution in [0.15, 0.2) is 186 Å². The number of rotatable bonds is 4. The Morgan fingerprint density at radius 2 is 0.784 bits per heavy atom. The van der Waals surface area contributed by atoms with Gasteiger partial charge in [-0.25, -0.2) is 0 Å². The van der Waals surface area contributed by atoms with Crippen molar-refractivity contribution in [1.82, 2.24) is 9.13 Å². The molecule has 238 valence electrons. The summed E-state index contributed by atoms with van der Waals surface area (Å²) >= 11 is 0. The summed E-state index contributed by atoms with van der Waals surface area (Å²) < 4.78 is 11.2. The minimum atomic E-state index is 0.895. The standard InChI is InChI=1S/C48H30N2O/c1-2-12-31(13-3-1)32-14-10-15-33(26-32)34-16-11-17-35(27-34)49-43-21-7-4-18-37(43)41-30-46-42(29-45(41)49)38-19-5-8-22-44(38)50(46)36-24-25-40-39-20-6-9-23-47(39)51-48(40)28-36/h1-30H. The number of hydrogen-bond acceptors (Lipinski definition) is 1. The van der Waals surface area contributed by atoms with E-state index in [0.29, 0.717) is 0 Å². The van der Waals surface area contributed by atoms with Crippen LogP contribution in [0.2, 0.25) is 0 Å². The third-order valence-electron chi connectivity index (χ3n) is 10.5. The molecule has 3 heterocycles. The molecule has 3 aromatic heterocycles. The van der Waals surface area contributed by atoms with Gasteiger partial charge in [-0.2, -0.15) is 0 Å². The second-order valence-electron chi connectivity index (χ2n) is 13.4. The van der Waals surface area contributed by atoms with Crippen molar-refractivity contribution < 1.29 is 4.42 Å². The average molecular weight is 651 g/mol. The number of benzene rings is 8. The van der Waals surface area contributed by atoms with Crippen LogP contribution in [-0.2, 0) is 0 Å². The number of hydrogen-bond donors (Lipinski definition) is 0. The Hall–Kier alpha value is -6.84. The minimum absolute atomic E-state index is 0.895. The lowest BCUT2D eigenvalue weighted by Gasteiger charge is -2.12. The number of fused-ring (bicyclic) bond motifs is 9. The molecule has 51 heavy (non-hydrogen) atoms. The Morgan fingerprint density at radius 3 is 1.49 bits per heavy atom. The molecule has 11 rings (SSSR count). The maximum Gasteiger partial charge on any atom is 0.137 e. The third kappa shape index (κ3) is 4.25. The highest BCUT2D eigenvalue weighted by Crippen LogP contribution is 2.41. The Morgan fingerprint density at radius 1 is 0.275 bits per heavy atom. The Bertz CT molecular complexity index is 3140. The van der Waals surface area contributed by atoms with Gasteiger partial charge in [-0.3, -0.25) is 0 Å². The van der Waals surface area contributed by atoms with Gasteiger partial charge in [0.2, 0.25) is 0 Å². The molecule has 0 unspecified atom stereocenters. The van der Waals surface area contributed by atoms with Crippen LogP contribution < -0.4 is 0 Å². The quantitative estimate of drug-likeness (QED) is 0.186. The molecule has 0 N–H and O–H groups in total. The van der Waals surface area contributed by atoms with E-state index in [1.54, 1.807) is 0 Å². The van der Waals surface area contributed by atoms with Crippen molar-refractivity contribution in [3.05, 3.63) is 182 Å². The van der Waals surface area contributed by atoms with E-state index in [9.17, 15) is 0 Å². The average Bonchev–Trinajstić information content (AvgIpc) is 3.84. The number of aromatic nitrogens is 2. The van der Waals surface area contributed by atoms with Crippen molar-refractivity contribution in [3.63, 3.8) is 0 Å². The van der Waals surface area contributed by atoms with Gasteiger partial charge in [0, 0.05) is 49.8 Å². The van der Waals surface area contributed by atoms with E-state index in [2.05, 4.69) is 179 Å². The molecular formula is C48H30N2O. The molecule has 0 spiro atoms. The molecular weight excluding hydrogens is 621 g/mol. The molecule has 0 atom stereocenters. The summed E-state index contributed by atoms with van der Waals surface area (Å²) in [5, 5.41) is 7.18. The van der Waals surface area contributed by atoms with Crippen molar-refractivity contribution in [1.29, 1.82) is 0 Å². The zero-order valence-electron chi connectivity index (χ0n) is 27.6. The molecule has 0 aliphatic carbocycles. The van der Waals surface area contributed by atoms with Crippen LogP contribution in [0.5, 0.6) is 0 Å². The lowest BCUT2D eigenvalue weighted by atomic mass is 9.99. The number of nitrogens with zero attached hydrogens (tertiary/aromatic N) is 2. The molecule has 3 nitrogen and oxygen atoms in total. The zero-order valence-corrected chi connectivity index (χ0v) is 27.6. The fraction of sp³-hybridized carbons (Fsp3) is 0. The normalized spacial score (nSPS) is 11.9. The number of furan rings is 1. The molecule has 0 aliphatic rings. The van der Waals surface area contributed by atoms with Gasteiger partial charge in [0.05, 0.1) is 22.1 Å². The highest BCUT2D eigenvalue weighted by molar-refractivity contribution is 6.19. The highest BCUT2D eigenvalue weighted by atomic mass is 16.3. The van der Waals surface area contributed by atoms with Crippen molar-refractivity contribution in [2.75, 3.05) is 0 Å². The van der Waals surface area contributed by atoms with E-state index in [1.807, 2.05) is 12.1 Å². The van der Waals surface area contributed by atoms with E-state index in [1.165, 1.54) is 65.9 Å². The Balaban J connectivity index is 1.14. The SMILES string of the molecule is c1ccc(-c2cccc(-c3cccc(-n4c5ccccc5c5cc6c(cc54)c4ccccc4n6-c4ccc5c(c4)oc4ccccc45)c3)c2)cc1. The number of para-hydroxylation sites is 3. The van der Waals surface area contributed by atoms with Crippen molar-refractivity contribution in [2.45, 2.75) is 0 Å². The van der Waals surface area contributed by atoms with Gasteiger partial charge in [0.25, 0.3) is 0 Å². The molecule has 11 aromatic rings. The van der Waals surface area contributed by atoms with Crippen LogP contribution in [0, 0.1) is 0 Å². The van der Waals surface area contributed by atoms with E-state index >= 15 is 0 Å². The van der Waals surface area contributed by atoms with Crippen molar-refractivity contribution >= 4 is 65.6 Å². The summed E-state index contributed by atoms with van der Waals surface area (Å²) in [5.74, 6) is 0. The first-order valence-electron chi connectivity index (χ1n) is 17.4. The summed E-state index contributed by atoms with van der Waals surface area (Å²) in [6.45, 7) is 0. The predicted octanol–water partition coefficient (Wildman–Crippen LogP) is 13.1. The fourth-order valence-corrected chi connectivity index (χ4v) is 8.17. The van der Waals surface area contributed by atoms with E-state index in [0.717, 1.165) is 33.3 Å². The summed E-state index contributed by atoms with van der Waals surface area (Å²) in [6, 6.07) is 65.6. The Labute approximate surface area is 293 Å². The molecule has 0 fully saturated rings. The largest absolute Gasteiger partial charge is 0.456 e. The summed E-state index contributed by atoms with van der Waals surface area (Å²) in [7, 11) is 0. The maximum atomic E-state index is 6.35. The molecule has 0 saturated heterocycles. The van der Waals surface area contributed by atoms with Gasteiger partial charge >= 0.3 is 0 Å². The molecule has 0 saturated carbocycles. The van der Waals surface area contributed by atoms with Gasteiger partial charge < -0.3 is 13.6 Å². The van der Waals surface area contributed by atoms with Crippen molar-refractivity contribution in [3.8, 4) is 33.6 Å². The molecule has 0 aliphatic heterocycles. The minimum Gasteiger partial charge on any atom is -0.456 e. The molecule has 8 aromatic carbocycles. The second-order valence-corrected chi connectivity index (χ2v) is 13.4. The van der Waals surface area contributed by atoms with Gasteiger partial charge in [0.15, 0.2) is 0 Å². The second kappa shape index (κ2) is 10.8. The summed E-state index contributed by atoms with van der Waals surface area (Å²) in [5.41, 5.74) is 13.6. The first-order chi connectivity index (χ1) is 25.3. The fourth-order valence-electron chi connectivity index (χ4n) is 8.17. The predicted molar refractivity (Wildman–Crippen MR) is 213 cm³/mol. The van der Waals surface area contributed by atoms with E-state index < -0.39 is 0 Å². The smallest absolute Gasteiger partial charge is 0.137 e. The first kappa shape index (κ1) is 28.0. The lowest BCUT2D eigenvalue weighted by molar-refractivity contribution is 0.668. The first-order valence-corrected chi connectivity index (χ1v) is 17.4. The van der Waals surface area contributed by atoms with Gasteiger partial charge in [0.1, 0.15) is 11.2 Å². The lowest BCUT2D eigenvalue weighted by Crippen LogP contribution is -1.95. The van der Waals surface area contributed by atoms with Crippen LogP contribution in [0.1, 0.15) is 0 Å². The monoisotopic (exact) mass is 650 g/mol. The third-order valence-corrected chi connectivity index (χ3v) is 10.5. The van der Waals surface area contributed by atoms with Crippen LogP contribution in [0.4, 0.5) is 0 Å². The van der Waals surface area contributed by atoms with Crippen LogP contribution in [0.25, 0.3) is 99.2 Å². The zero-order chi connectivity index (χ0) is 33.5. The molecule has 0 amide bonds. The van der Waals surface area contributed by atoms with Gasteiger partial charge in [-0.15, -0.1) is 0 Å². The molecule has 3 heteroatoms. The van der Waals surface area contributed by atoms with E-state index in [4.69, 9.17) is 4.42 Å². The van der Waals surface area contributed by atoms with Crippen molar-refractivity contribution in [2.24, 2.45) is 0 Å². The van der Waals surface area contributed by atoms with Crippen LogP contribution >= 0.6 is 0 Å².